The molecule has 1 N–H and O–H groups in total. The van der Waals surface area contributed by atoms with Gasteiger partial charge in [-0.2, -0.15) is 4.99 Å². The first-order valence-corrected chi connectivity index (χ1v) is 10.0. The predicted molar refractivity (Wildman–Crippen MR) is 105 cm³/mol. The molecule has 0 bridgehead atoms. The molecule has 1 saturated heterocycles. The van der Waals surface area contributed by atoms with Gasteiger partial charge in [-0.05, 0) is 43.7 Å². The van der Waals surface area contributed by atoms with Crippen LogP contribution in [0.1, 0.15) is 68.6 Å². The summed E-state index contributed by atoms with van der Waals surface area (Å²) in [5.41, 5.74) is 0.829. The molecule has 2 unspecified atom stereocenters. The molecule has 3 rings (SSSR count). The van der Waals surface area contributed by atoms with Crippen molar-refractivity contribution in [3.8, 4) is 0 Å². The molecular weight excluding hydrogens is 358 g/mol. The Balaban J connectivity index is 1.87. The van der Waals surface area contributed by atoms with Gasteiger partial charge in [0.1, 0.15) is 17.8 Å². The molecule has 1 aromatic rings. The van der Waals surface area contributed by atoms with Crippen molar-refractivity contribution in [1.29, 1.82) is 0 Å². The Hall–Kier alpha value is -2.28. The van der Waals surface area contributed by atoms with Crippen molar-refractivity contribution >= 4 is 17.7 Å². The van der Waals surface area contributed by atoms with Gasteiger partial charge < -0.3 is 14.8 Å². The molecule has 2 aliphatic heterocycles. The van der Waals surface area contributed by atoms with Gasteiger partial charge in [0.05, 0.1) is 11.7 Å². The number of carbonyl (C=O) groups excluding carboxylic acids is 2. The van der Waals surface area contributed by atoms with Crippen molar-refractivity contribution in [2.75, 3.05) is 13.2 Å². The summed E-state index contributed by atoms with van der Waals surface area (Å²) in [7, 11) is 0. The van der Waals surface area contributed by atoms with Gasteiger partial charge in [0.2, 0.25) is 0 Å². The molecule has 7 heteroatoms. The minimum Gasteiger partial charge on any atom is -0.459 e. The third-order valence-corrected chi connectivity index (χ3v) is 5.54. The fourth-order valence-electron chi connectivity index (χ4n) is 3.35. The minimum absolute atomic E-state index is 0.0375. The molecule has 0 aromatic carbocycles. The standard InChI is InChI=1S/C21H29N3O4/c1-5-7-14-10-16(19(25)28-12-15-8-6-9-27-15)17(22-11-14)18-23-20(26)21(4,24-18)13(2)3/h10-11,13,15H,5-9,12H2,1-4H3,(H,23,24,26). The fourth-order valence-corrected chi connectivity index (χ4v) is 3.35. The summed E-state index contributed by atoms with van der Waals surface area (Å²) in [5.74, 6) is -0.356. The molecule has 1 amide bonds. The van der Waals surface area contributed by atoms with Gasteiger partial charge >= 0.3 is 5.97 Å². The van der Waals surface area contributed by atoms with Gasteiger partial charge in [0.25, 0.3) is 5.91 Å². The average molecular weight is 387 g/mol. The van der Waals surface area contributed by atoms with Crippen LogP contribution in [0.15, 0.2) is 17.3 Å². The lowest BCUT2D eigenvalue weighted by Gasteiger charge is -2.27. The Morgan fingerprint density at radius 2 is 2.25 bits per heavy atom. The topological polar surface area (TPSA) is 89.9 Å². The van der Waals surface area contributed by atoms with Crippen molar-refractivity contribution in [3.63, 3.8) is 0 Å². The Labute approximate surface area is 165 Å². The number of esters is 1. The first-order chi connectivity index (χ1) is 13.3. The van der Waals surface area contributed by atoms with E-state index in [4.69, 9.17) is 9.47 Å². The van der Waals surface area contributed by atoms with E-state index in [1.165, 1.54) is 0 Å². The van der Waals surface area contributed by atoms with Gasteiger partial charge in [0.15, 0.2) is 5.84 Å². The van der Waals surface area contributed by atoms with Crippen molar-refractivity contribution < 1.29 is 19.1 Å². The number of amidine groups is 1. The van der Waals surface area contributed by atoms with Crippen molar-refractivity contribution in [3.05, 3.63) is 29.1 Å². The first-order valence-electron chi connectivity index (χ1n) is 10.0. The van der Waals surface area contributed by atoms with E-state index in [0.29, 0.717) is 23.7 Å². The molecular formula is C21H29N3O4. The molecule has 0 radical (unpaired) electrons. The number of rotatable bonds is 7. The highest BCUT2D eigenvalue weighted by Gasteiger charge is 2.43. The summed E-state index contributed by atoms with van der Waals surface area (Å²) in [5, 5.41) is 3.18. The Bertz CT molecular complexity index is 784. The number of carbonyl (C=O) groups is 2. The maximum absolute atomic E-state index is 12.8. The molecule has 1 fully saturated rings. The van der Waals surface area contributed by atoms with Gasteiger partial charge in [-0.1, -0.05) is 27.2 Å². The van der Waals surface area contributed by atoms with E-state index >= 15 is 0 Å². The van der Waals surface area contributed by atoms with Crippen LogP contribution in [0.5, 0.6) is 0 Å². The van der Waals surface area contributed by atoms with Gasteiger partial charge in [-0.3, -0.25) is 9.78 Å². The maximum Gasteiger partial charge on any atom is 0.340 e. The van der Waals surface area contributed by atoms with Gasteiger partial charge in [0, 0.05) is 12.8 Å². The number of pyridine rings is 1. The monoisotopic (exact) mass is 387 g/mol. The Kier molecular flexibility index (Phi) is 6.13. The van der Waals surface area contributed by atoms with Crippen LogP contribution in [-0.2, 0) is 20.7 Å². The smallest absolute Gasteiger partial charge is 0.340 e. The molecule has 0 saturated carbocycles. The van der Waals surface area contributed by atoms with E-state index in [1.54, 1.807) is 12.3 Å². The largest absolute Gasteiger partial charge is 0.459 e. The van der Waals surface area contributed by atoms with E-state index < -0.39 is 11.5 Å². The lowest BCUT2D eigenvalue weighted by atomic mass is 9.88. The first kappa shape index (κ1) is 20.5. The number of ether oxygens (including phenoxy) is 2. The van der Waals surface area contributed by atoms with Gasteiger partial charge in [-0.15, -0.1) is 0 Å². The lowest BCUT2D eigenvalue weighted by Crippen LogP contribution is -2.50. The van der Waals surface area contributed by atoms with Crippen LogP contribution < -0.4 is 5.32 Å². The number of aliphatic imine (C=N–C) groups is 1. The highest BCUT2D eigenvalue weighted by Crippen LogP contribution is 2.25. The molecule has 152 valence electrons. The maximum atomic E-state index is 12.8. The summed E-state index contributed by atoms with van der Waals surface area (Å²) in [6.45, 7) is 8.72. The zero-order valence-electron chi connectivity index (χ0n) is 17.1. The third kappa shape index (κ3) is 4.09. The zero-order chi connectivity index (χ0) is 20.3. The molecule has 3 heterocycles. The number of nitrogens with zero attached hydrogens (tertiary/aromatic N) is 2. The van der Waals surface area contributed by atoms with Gasteiger partial charge in [-0.25, -0.2) is 4.79 Å². The third-order valence-electron chi connectivity index (χ3n) is 5.54. The summed E-state index contributed by atoms with van der Waals surface area (Å²) >= 11 is 0. The number of hydrogen-bond donors (Lipinski definition) is 1. The molecule has 0 spiro atoms. The highest BCUT2D eigenvalue weighted by atomic mass is 16.6. The van der Waals surface area contributed by atoms with E-state index in [9.17, 15) is 9.59 Å². The predicted octanol–water partition coefficient (Wildman–Crippen LogP) is 2.66. The molecule has 7 nitrogen and oxygen atoms in total. The van der Waals surface area contributed by atoms with Crippen molar-refractivity contribution in [1.82, 2.24) is 10.3 Å². The molecule has 2 aliphatic rings. The number of aromatic nitrogens is 1. The quantitative estimate of drug-likeness (QED) is 0.724. The Morgan fingerprint density at radius 3 is 2.86 bits per heavy atom. The average Bonchev–Trinajstić information content (AvgIpc) is 3.29. The van der Waals surface area contributed by atoms with E-state index in [1.807, 2.05) is 20.8 Å². The highest BCUT2D eigenvalue weighted by molar-refractivity contribution is 6.16. The van der Waals surface area contributed by atoms with E-state index in [-0.39, 0.29) is 24.5 Å². The zero-order valence-corrected chi connectivity index (χ0v) is 17.1. The SMILES string of the molecule is CCCc1cnc(C2=NC(=O)C(C)(C(C)C)N2)c(C(=O)OCC2CCCO2)c1. The summed E-state index contributed by atoms with van der Waals surface area (Å²) in [6, 6.07) is 1.80. The lowest BCUT2D eigenvalue weighted by molar-refractivity contribution is -0.123. The molecule has 2 atom stereocenters. The van der Waals surface area contributed by atoms with Crippen LogP contribution in [0.2, 0.25) is 0 Å². The van der Waals surface area contributed by atoms with Crippen molar-refractivity contribution in [2.24, 2.45) is 10.9 Å². The molecule has 28 heavy (non-hydrogen) atoms. The summed E-state index contributed by atoms with van der Waals surface area (Å²) in [6.07, 6.45) is 5.31. The summed E-state index contributed by atoms with van der Waals surface area (Å²) < 4.78 is 11.0. The number of nitrogens with one attached hydrogen (secondary N) is 1. The second-order valence-corrected chi connectivity index (χ2v) is 7.97. The van der Waals surface area contributed by atoms with Crippen LogP contribution in [0, 0.1) is 5.92 Å². The van der Waals surface area contributed by atoms with Crippen LogP contribution in [0.25, 0.3) is 0 Å². The number of amides is 1. The second kappa shape index (κ2) is 8.39. The van der Waals surface area contributed by atoms with E-state index in [0.717, 1.165) is 31.2 Å². The molecule has 1 aromatic heterocycles. The van der Waals surface area contributed by atoms with E-state index in [2.05, 4.69) is 22.2 Å². The van der Waals surface area contributed by atoms with Crippen LogP contribution in [0.3, 0.4) is 0 Å². The number of hydrogen-bond acceptors (Lipinski definition) is 6. The van der Waals surface area contributed by atoms with Crippen molar-refractivity contribution in [2.45, 2.75) is 65.0 Å². The molecule has 0 aliphatic carbocycles. The minimum atomic E-state index is -0.808. The fraction of sp³-hybridized carbons (Fsp3) is 0.619. The van der Waals surface area contributed by atoms with Crippen LogP contribution in [-0.4, -0.2) is 47.6 Å². The van der Waals surface area contributed by atoms with Crippen LogP contribution >= 0.6 is 0 Å². The Morgan fingerprint density at radius 1 is 1.46 bits per heavy atom. The number of aryl methyl sites for hydroxylation is 1. The normalized spacial score (nSPS) is 24.4. The summed E-state index contributed by atoms with van der Waals surface area (Å²) in [4.78, 5) is 33.9. The second-order valence-electron chi connectivity index (χ2n) is 7.97. The van der Waals surface area contributed by atoms with Crippen LogP contribution in [0.4, 0.5) is 0 Å².